The summed E-state index contributed by atoms with van der Waals surface area (Å²) in [6, 6.07) is 7.71. The van der Waals surface area contributed by atoms with Crippen LogP contribution in [-0.4, -0.2) is 17.3 Å². The third kappa shape index (κ3) is 2.00. The molecule has 2 N–H and O–H groups in total. The van der Waals surface area contributed by atoms with Gasteiger partial charge in [-0.3, -0.25) is 9.89 Å². The smallest absolute Gasteiger partial charge is 0.267 e. The van der Waals surface area contributed by atoms with E-state index in [0.717, 1.165) is 22.6 Å². The topological polar surface area (TPSA) is 57.9 Å². The van der Waals surface area contributed by atoms with E-state index in [4.69, 9.17) is 4.74 Å². The standard InChI is InChI=1S/C12H14N2O2/c1-8-11(12(15)14-13-8)7-9-3-5-10(16-2)6-4-9/h3-6H,7H2,1-2H3,(H2,13,14,15). The summed E-state index contributed by atoms with van der Waals surface area (Å²) in [6.07, 6.45) is 0.634. The number of hydrogen-bond donors (Lipinski definition) is 2. The van der Waals surface area contributed by atoms with Crippen molar-refractivity contribution in [2.45, 2.75) is 13.3 Å². The molecule has 0 atom stereocenters. The molecular formula is C12H14N2O2. The Labute approximate surface area is 93.3 Å². The molecule has 0 spiro atoms. The van der Waals surface area contributed by atoms with E-state index in [1.54, 1.807) is 7.11 Å². The van der Waals surface area contributed by atoms with Crippen molar-refractivity contribution >= 4 is 0 Å². The summed E-state index contributed by atoms with van der Waals surface area (Å²) >= 11 is 0. The van der Waals surface area contributed by atoms with Gasteiger partial charge in [-0.2, -0.15) is 0 Å². The molecule has 0 saturated carbocycles. The van der Waals surface area contributed by atoms with Crippen LogP contribution in [0, 0.1) is 6.92 Å². The van der Waals surface area contributed by atoms with Crippen molar-refractivity contribution in [3.8, 4) is 5.75 Å². The summed E-state index contributed by atoms with van der Waals surface area (Å²) in [5, 5.41) is 5.39. The van der Waals surface area contributed by atoms with Crippen molar-refractivity contribution in [3.05, 3.63) is 51.4 Å². The van der Waals surface area contributed by atoms with E-state index in [0.29, 0.717) is 6.42 Å². The Morgan fingerprint density at radius 2 is 1.88 bits per heavy atom. The molecule has 0 aliphatic carbocycles. The van der Waals surface area contributed by atoms with Gasteiger partial charge in [-0.15, -0.1) is 0 Å². The fourth-order valence-electron chi connectivity index (χ4n) is 1.63. The van der Waals surface area contributed by atoms with Crippen LogP contribution in [0.2, 0.25) is 0 Å². The Bertz CT molecular complexity index is 523. The maximum Gasteiger partial charge on any atom is 0.267 e. The van der Waals surface area contributed by atoms with E-state index in [1.807, 2.05) is 31.2 Å². The van der Waals surface area contributed by atoms with Gasteiger partial charge in [-0.1, -0.05) is 12.1 Å². The highest BCUT2D eigenvalue weighted by Gasteiger charge is 2.06. The molecule has 4 heteroatoms. The maximum atomic E-state index is 11.5. The Balaban J connectivity index is 2.24. The van der Waals surface area contributed by atoms with Crippen molar-refractivity contribution in [2.24, 2.45) is 0 Å². The van der Waals surface area contributed by atoms with Crippen molar-refractivity contribution < 1.29 is 4.74 Å². The van der Waals surface area contributed by atoms with Crippen molar-refractivity contribution in [1.82, 2.24) is 10.2 Å². The van der Waals surface area contributed by atoms with Gasteiger partial charge in [-0.25, -0.2) is 0 Å². The van der Waals surface area contributed by atoms with Gasteiger partial charge in [-0.05, 0) is 24.6 Å². The lowest BCUT2D eigenvalue weighted by Gasteiger charge is -2.02. The predicted molar refractivity (Wildman–Crippen MR) is 62.0 cm³/mol. The highest BCUT2D eigenvalue weighted by Crippen LogP contribution is 2.14. The van der Waals surface area contributed by atoms with Crippen LogP contribution in [0.25, 0.3) is 0 Å². The first-order valence-corrected chi connectivity index (χ1v) is 5.09. The average molecular weight is 218 g/mol. The quantitative estimate of drug-likeness (QED) is 0.822. The normalized spacial score (nSPS) is 10.4. The van der Waals surface area contributed by atoms with E-state index in [2.05, 4.69) is 10.2 Å². The Morgan fingerprint density at radius 3 is 2.38 bits per heavy atom. The second kappa shape index (κ2) is 4.26. The lowest BCUT2D eigenvalue weighted by molar-refractivity contribution is 0.414. The van der Waals surface area contributed by atoms with Crippen LogP contribution >= 0.6 is 0 Å². The number of benzene rings is 1. The van der Waals surface area contributed by atoms with Gasteiger partial charge in [0.15, 0.2) is 0 Å². The zero-order chi connectivity index (χ0) is 11.5. The maximum absolute atomic E-state index is 11.5. The lowest BCUT2D eigenvalue weighted by atomic mass is 10.1. The summed E-state index contributed by atoms with van der Waals surface area (Å²) in [4.78, 5) is 11.5. The van der Waals surface area contributed by atoms with Gasteiger partial charge in [0.1, 0.15) is 5.75 Å². The van der Waals surface area contributed by atoms with Crippen molar-refractivity contribution in [2.75, 3.05) is 7.11 Å². The Hall–Kier alpha value is -1.97. The minimum atomic E-state index is -0.0479. The molecule has 84 valence electrons. The van der Waals surface area contributed by atoms with Crippen LogP contribution in [0.1, 0.15) is 16.8 Å². The molecule has 4 nitrogen and oxygen atoms in total. The van der Waals surface area contributed by atoms with E-state index >= 15 is 0 Å². The van der Waals surface area contributed by atoms with Gasteiger partial charge in [0.25, 0.3) is 5.56 Å². The summed E-state index contributed by atoms with van der Waals surface area (Å²) in [6.45, 7) is 1.89. The molecule has 0 bridgehead atoms. The van der Waals surface area contributed by atoms with E-state index < -0.39 is 0 Å². The molecule has 0 unspecified atom stereocenters. The molecule has 1 aromatic carbocycles. The van der Waals surface area contributed by atoms with Crippen LogP contribution in [0.4, 0.5) is 0 Å². The van der Waals surface area contributed by atoms with E-state index in [-0.39, 0.29) is 5.56 Å². The van der Waals surface area contributed by atoms with Crippen molar-refractivity contribution in [3.63, 3.8) is 0 Å². The monoisotopic (exact) mass is 218 g/mol. The molecule has 0 radical (unpaired) electrons. The molecular weight excluding hydrogens is 204 g/mol. The van der Waals surface area contributed by atoms with E-state index in [1.165, 1.54) is 0 Å². The van der Waals surface area contributed by atoms with Crippen molar-refractivity contribution in [1.29, 1.82) is 0 Å². The zero-order valence-corrected chi connectivity index (χ0v) is 9.33. The molecule has 0 saturated heterocycles. The molecule has 1 aromatic heterocycles. The van der Waals surface area contributed by atoms with Gasteiger partial charge < -0.3 is 9.84 Å². The SMILES string of the molecule is COc1ccc(Cc2c(C)[nH][nH]c2=O)cc1. The van der Waals surface area contributed by atoms with Crippen LogP contribution in [0.5, 0.6) is 5.75 Å². The molecule has 2 aromatic rings. The largest absolute Gasteiger partial charge is 0.497 e. The molecule has 0 amide bonds. The van der Waals surface area contributed by atoms with E-state index in [9.17, 15) is 4.79 Å². The highest BCUT2D eigenvalue weighted by atomic mass is 16.5. The fourth-order valence-corrected chi connectivity index (χ4v) is 1.63. The third-order valence-electron chi connectivity index (χ3n) is 2.63. The average Bonchev–Trinajstić information content (AvgIpc) is 2.62. The minimum Gasteiger partial charge on any atom is -0.497 e. The number of nitrogens with one attached hydrogen (secondary N) is 2. The van der Waals surface area contributed by atoms with Gasteiger partial charge >= 0.3 is 0 Å². The first-order valence-electron chi connectivity index (χ1n) is 5.09. The number of rotatable bonds is 3. The summed E-state index contributed by atoms with van der Waals surface area (Å²) in [5.74, 6) is 0.823. The van der Waals surface area contributed by atoms with Crippen LogP contribution in [0.3, 0.4) is 0 Å². The number of H-pyrrole nitrogens is 2. The fraction of sp³-hybridized carbons (Fsp3) is 0.250. The lowest BCUT2D eigenvalue weighted by Crippen LogP contribution is -2.06. The third-order valence-corrected chi connectivity index (χ3v) is 2.63. The number of aromatic nitrogens is 2. The van der Waals surface area contributed by atoms with Gasteiger partial charge in [0, 0.05) is 17.7 Å². The molecule has 0 aliphatic heterocycles. The first kappa shape index (κ1) is 10.5. The minimum absolute atomic E-state index is 0.0479. The summed E-state index contributed by atoms with van der Waals surface area (Å²) in [7, 11) is 1.63. The summed E-state index contributed by atoms with van der Waals surface area (Å²) in [5.41, 5.74) is 2.72. The van der Waals surface area contributed by atoms with Gasteiger partial charge in [0.2, 0.25) is 0 Å². The number of methoxy groups -OCH3 is 1. The Kier molecular flexibility index (Phi) is 2.81. The van der Waals surface area contributed by atoms with Crippen LogP contribution in [-0.2, 0) is 6.42 Å². The van der Waals surface area contributed by atoms with Crippen LogP contribution < -0.4 is 10.3 Å². The molecule has 0 aliphatic rings. The van der Waals surface area contributed by atoms with Gasteiger partial charge in [0.05, 0.1) is 7.11 Å². The Morgan fingerprint density at radius 1 is 1.19 bits per heavy atom. The predicted octanol–water partition coefficient (Wildman–Crippen LogP) is 1.61. The molecule has 16 heavy (non-hydrogen) atoms. The highest BCUT2D eigenvalue weighted by molar-refractivity contribution is 5.31. The number of ether oxygens (including phenoxy) is 1. The molecule has 1 heterocycles. The summed E-state index contributed by atoms with van der Waals surface area (Å²) < 4.78 is 5.08. The second-order valence-electron chi connectivity index (χ2n) is 3.71. The zero-order valence-electron chi connectivity index (χ0n) is 9.33. The molecule has 0 fully saturated rings. The number of hydrogen-bond acceptors (Lipinski definition) is 2. The number of aryl methyl sites for hydroxylation is 1. The van der Waals surface area contributed by atoms with Crippen LogP contribution in [0.15, 0.2) is 29.1 Å². The first-order chi connectivity index (χ1) is 7.70. The molecule has 2 rings (SSSR count). The second-order valence-corrected chi connectivity index (χ2v) is 3.71. The number of aromatic amines is 2.